The van der Waals surface area contributed by atoms with Gasteiger partial charge < -0.3 is 15.6 Å². The van der Waals surface area contributed by atoms with E-state index in [4.69, 9.17) is 10.5 Å². The molecule has 3 nitrogen and oxygen atoms in total. The van der Waals surface area contributed by atoms with Gasteiger partial charge in [0.05, 0.1) is 6.61 Å². The zero-order chi connectivity index (χ0) is 8.55. The van der Waals surface area contributed by atoms with Gasteiger partial charge in [-0.2, -0.15) is 0 Å². The summed E-state index contributed by atoms with van der Waals surface area (Å²) in [6.07, 6.45) is -0.0198. The molecule has 0 fully saturated rings. The van der Waals surface area contributed by atoms with Gasteiger partial charge in [-0.15, -0.1) is 0 Å². The quantitative estimate of drug-likeness (QED) is 0.598. The molecular formula is C9H11NO2. The lowest BCUT2D eigenvalue weighted by atomic mass is 10.1. The first-order chi connectivity index (χ1) is 5.79. The van der Waals surface area contributed by atoms with E-state index in [0.717, 1.165) is 17.7 Å². The first-order valence-electron chi connectivity index (χ1n) is 3.97. The molecule has 1 atom stereocenters. The molecule has 0 amide bonds. The molecule has 1 aliphatic heterocycles. The Morgan fingerprint density at radius 3 is 3.08 bits per heavy atom. The summed E-state index contributed by atoms with van der Waals surface area (Å²) in [6, 6.07) is 5.67. The van der Waals surface area contributed by atoms with Gasteiger partial charge in [-0.3, -0.25) is 0 Å². The topological polar surface area (TPSA) is 55.5 Å². The van der Waals surface area contributed by atoms with Crippen LogP contribution in [0.25, 0.3) is 0 Å². The average molecular weight is 165 g/mol. The van der Waals surface area contributed by atoms with Crippen molar-refractivity contribution in [3.63, 3.8) is 0 Å². The van der Waals surface area contributed by atoms with Crippen LogP contribution in [-0.2, 0) is 6.42 Å². The highest BCUT2D eigenvalue weighted by Gasteiger charge is 2.17. The second-order valence-corrected chi connectivity index (χ2v) is 2.88. The van der Waals surface area contributed by atoms with Gasteiger partial charge in [0.25, 0.3) is 0 Å². The maximum absolute atomic E-state index is 9.19. The van der Waals surface area contributed by atoms with Crippen LogP contribution in [0.2, 0.25) is 0 Å². The Labute approximate surface area is 70.8 Å². The van der Waals surface area contributed by atoms with Crippen molar-refractivity contribution in [1.29, 1.82) is 0 Å². The molecule has 0 spiro atoms. The SMILES string of the molecule is NC(O)c1cccc2c1OCC2. The summed E-state index contributed by atoms with van der Waals surface area (Å²) < 4.78 is 5.35. The van der Waals surface area contributed by atoms with Crippen LogP contribution in [0.3, 0.4) is 0 Å². The molecule has 0 saturated heterocycles. The molecule has 3 heteroatoms. The van der Waals surface area contributed by atoms with Gasteiger partial charge in [-0.05, 0) is 5.56 Å². The fourth-order valence-electron chi connectivity index (χ4n) is 1.47. The lowest BCUT2D eigenvalue weighted by Gasteiger charge is -2.09. The van der Waals surface area contributed by atoms with Gasteiger partial charge in [-0.1, -0.05) is 18.2 Å². The number of aliphatic hydroxyl groups excluding tert-OH is 1. The van der Waals surface area contributed by atoms with Gasteiger partial charge in [0, 0.05) is 12.0 Å². The number of nitrogens with two attached hydrogens (primary N) is 1. The van der Waals surface area contributed by atoms with Crippen LogP contribution >= 0.6 is 0 Å². The maximum atomic E-state index is 9.19. The summed E-state index contributed by atoms with van der Waals surface area (Å²) in [4.78, 5) is 0. The minimum absolute atomic E-state index is 0.685. The predicted octanol–water partition coefficient (Wildman–Crippen LogP) is 0.571. The highest BCUT2D eigenvalue weighted by atomic mass is 16.5. The summed E-state index contributed by atoms with van der Waals surface area (Å²) in [7, 11) is 0. The highest BCUT2D eigenvalue weighted by molar-refractivity contribution is 5.44. The van der Waals surface area contributed by atoms with E-state index in [1.54, 1.807) is 6.07 Å². The van der Waals surface area contributed by atoms with Crippen LogP contribution in [0.5, 0.6) is 5.75 Å². The zero-order valence-corrected chi connectivity index (χ0v) is 6.66. The Morgan fingerprint density at radius 2 is 2.33 bits per heavy atom. The normalized spacial score (nSPS) is 16.8. The number of para-hydroxylation sites is 1. The zero-order valence-electron chi connectivity index (χ0n) is 6.66. The van der Waals surface area contributed by atoms with Gasteiger partial charge in [0.1, 0.15) is 12.0 Å². The van der Waals surface area contributed by atoms with Gasteiger partial charge in [0.15, 0.2) is 0 Å². The molecule has 0 aromatic heterocycles. The standard InChI is InChI=1S/C9H11NO2/c10-9(11)7-3-1-2-6-4-5-12-8(6)7/h1-3,9,11H,4-5,10H2. The van der Waals surface area contributed by atoms with Crippen molar-refractivity contribution in [1.82, 2.24) is 0 Å². The van der Waals surface area contributed by atoms with E-state index in [2.05, 4.69) is 0 Å². The van der Waals surface area contributed by atoms with Gasteiger partial charge in [0.2, 0.25) is 0 Å². The fourth-order valence-corrected chi connectivity index (χ4v) is 1.47. The number of ether oxygens (including phenoxy) is 1. The Bertz CT molecular complexity index is 297. The Balaban J connectivity index is 2.49. The molecule has 1 unspecified atom stereocenters. The van der Waals surface area contributed by atoms with Gasteiger partial charge >= 0.3 is 0 Å². The van der Waals surface area contributed by atoms with Crippen LogP contribution in [0.4, 0.5) is 0 Å². The van der Waals surface area contributed by atoms with E-state index in [1.807, 2.05) is 12.1 Å². The average Bonchev–Trinajstić information content (AvgIpc) is 2.49. The Hall–Kier alpha value is -1.06. The van der Waals surface area contributed by atoms with Crippen molar-refractivity contribution in [3.05, 3.63) is 29.3 Å². The van der Waals surface area contributed by atoms with Crippen LogP contribution < -0.4 is 10.5 Å². The van der Waals surface area contributed by atoms with E-state index in [-0.39, 0.29) is 0 Å². The molecule has 2 rings (SSSR count). The summed E-state index contributed by atoms with van der Waals surface area (Å²) in [5.74, 6) is 0.771. The molecule has 64 valence electrons. The molecule has 0 bridgehead atoms. The lowest BCUT2D eigenvalue weighted by Crippen LogP contribution is -2.09. The van der Waals surface area contributed by atoms with E-state index >= 15 is 0 Å². The minimum atomic E-state index is -0.932. The molecule has 1 heterocycles. The van der Waals surface area contributed by atoms with Crippen LogP contribution in [-0.4, -0.2) is 11.7 Å². The summed E-state index contributed by atoms with van der Waals surface area (Å²) in [6.45, 7) is 0.694. The third-order valence-electron chi connectivity index (χ3n) is 2.06. The van der Waals surface area contributed by atoms with Crippen molar-refractivity contribution in [2.75, 3.05) is 6.61 Å². The van der Waals surface area contributed by atoms with Crippen LogP contribution in [0.1, 0.15) is 17.4 Å². The summed E-state index contributed by atoms with van der Waals surface area (Å²) in [5.41, 5.74) is 7.18. The first kappa shape index (κ1) is 7.58. The Kier molecular flexibility index (Phi) is 1.75. The maximum Gasteiger partial charge on any atom is 0.132 e. The molecule has 0 saturated carbocycles. The van der Waals surface area contributed by atoms with Crippen molar-refractivity contribution in [2.24, 2.45) is 5.73 Å². The van der Waals surface area contributed by atoms with E-state index in [0.29, 0.717) is 12.2 Å². The molecule has 12 heavy (non-hydrogen) atoms. The van der Waals surface area contributed by atoms with Crippen LogP contribution in [0, 0.1) is 0 Å². The number of aliphatic hydroxyl groups is 1. The highest BCUT2D eigenvalue weighted by Crippen LogP contribution is 2.31. The van der Waals surface area contributed by atoms with E-state index in [9.17, 15) is 5.11 Å². The van der Waals surface area contributed by atoms with E-state index in [1.165, 1.54) is 0 Å². The van der Waals surface area contributed by atoms with Crippen molar-refractivity contribution in [3.8, 4) is 5.75 Å². The molecule has 1 aromatic rings. The minimum Gasteiger partial charge on any atom is -0.493 e. The van der Waals surface area contributed by atoms with Crippen LogP contribution in [0.15, 0.2) is 18.2 Å². The summed E-state index contributed by atoms with van der Waals surface area (Å²) in [5, 5.41) is 9.19. The third kappa shape index (κ3) is 1.07. The second-order valence-electron chi connectivity index (χ2n) is 2.88. The number of hydrogen-bond donors (Lipinski definition) is 2. The molecule has 0 aliphatic carbocycles. The molecule has 0 radical (unpaired) electrons. The number of hydrogen-bond acceptors (Lipinski definition) is 3. The first-order valence-corrected chi connectivity index (χ1v) is 3.97. The van der Waals surface area contributed by atoms with Crippen molar-refractivity contribution in [2.45, 2.75) is 12.6 Å². The Morgan fingerprint density at radius 1 is 1.50 bits per heavy atom. The second kappa shape index (κ2) is 2.77. The monoisotopic (exact) mass is 165 g/mol. The number of fused-ring (bicyclic) bond motifs is 1. The van der Waals surface area contributed by atoms with Crippen molar-refractivity contribution >= 4 is 0 Å². The number of benzene rings is 1. The van der Waals surface area contributed by atoms with Crippen molar-refractivity contribution < 1.29 is 9.84 Å². The molecule has 1 aromatic carbocycles. The molecule has 3 N–H and O–H groups in total. The fraction of sp³-hybridized carbons (Fsp3) is 0.333. The smallest absolute Gasteiger partial charge is 0.132 e. The summed E-state index contributed by atoms with van der Waals surface area (Å²) >= 11 is 0. The van der Waals surface area contributed by atoms with Gasteiger partial charge in [-0.25, -0.2) is 0 Å². The largest absolute Gasteiger partial charge is 0.493 e. The molecular weight excluding hydrogens is 154 g/mol. The molecule has 1 aliphatic rings. The van der Waals surface area contributed by atoms with E-state index < -0.39 is 6.23 Å². The lowest BCUT2D eigenvalue weighted by molar-refractivity contribution is 0.181. The number of rotatable bonds is 1. The predicted molar refractivity (Wildman–Crippen MR) is 44.8 cm³/mol. The third-order valence-corrected chi connectivity index (χ3v) is 2.06.